The van der Waals surface area contributed by atoms with Crippen LogP contribution in [0.15, 0.2) is 0 Å². The largest absolute Gasteiger partial charge is 0.384 e. The van der Waals surface area contributed by atoms with Crippen LogP contribution in [0.3, 0.4) is 0 Å². The summed E-state index contributed by atoms with van der Waals surface area (Å²) in [5.74, 6) is 0.325. The van der Waals surface area contributed by atoms with Gasteiger partial charge >= 0.3 is 0 Å². The summed E-state index contributed by atoms with van der Waals surface area (Å²) in [6, 6.07) is 0. The van der Waals surface area contributed by atoms with Crippen LogP contribution in [0.1, 0.15) is 39.5 Å². The molecule has 4 nitrogen and oxygen atoms in total. The van der Waals surface area contributed by atoms with Crippen LogP contribution in [-0.2, 0) is 9.53 Å². The molecule has 5 heteroatoms. The quantitative estimate of drug-likeness (QED) is 0.868. The van der Waals surface area contributed by atoms with Crippen molar-refractivity contribution in [3.63, 3.8) is 0 Å². The highest BCUT2D eigenvalue weighted by atomic mass is 35.5. The average molecular weight is 305 g/mol. The maximum Gasteiger partial charge on any atom is 0.231 e. The minimum atomic E-state index is -0.276. The summed E-state index contributed by atoms with van der Waals surface area (Å²) in [5, 5.41) is 3.34. The van der Waals surface area contributed by atoms with Gasteiger partial charge in [-0.15, -0.1) is 12.4 Å². The van der Waals surface area contributed by atoms with Gasteiger partial charge in [0, 0.05) is 20.2 Å². The molecule has 118 valence electrons. The van der Waals surface area contributed by atoms with Crippen molar-refractivity contribution in [2.24, 2.45) is 10.8 Å². The number of ether oxygens (including phenoxy) is 1. The maximum absolute atomic E-state index is 12.9. The van der Waals surface area contributed by atoms with Crippen LogP contribution in [0.4, 0.5) is 0 Å². The Kier molecular flexibility index (Phi) is 6.29. The molecule has 0 aliphatic carbocycles. The minimum absolute atomic E-state index is 0. The first-order chi connectivity index (χ1) is 8.99. The fraction of sp³-hybridized carbons (Fsp3) is 0.933. The second-order valence-electron chi connectivity index (χ2n) is 6.92. The molecule has 2 heterocycles. The van der Waals surface area contributed by atoms with Crippen molar-refractivity contribution in [2.45, 2.75) is 39.5 Å². The van der Waals surface area contributed by atoms with Gasteiger partial charge in [0.1, 0.15) is 0 Å². The third kappa shape index (κ3) is 3.86. The molecule has 2 saturated heterocycles. The van der Waals surface area contributed by atoms with E-state index in [2.05, 4.69) is 24.1 Å². The van der Waals surface area contributed by atoms with Crippen LogP contribution in [0, 0.1) is 10.8 Å². The van der Waals surface area contributed by atoms with Crippen molar-refractivity contribution in [3.8, 4) is 0 Å². The topological polar surface area (TPSA) is 41.6 Å². The Morgan fingerprint density at radius 1 is 1.15 bits per heavy atom. The first-order valence-corrected chi connectivity index (χ1v) is 7.48. The lowest BCUT2D eigenvalue weighted by Crippen LogP contribution is -2.53. The summed E-state index contributed by atoms with van der Waals surface area (Å²) in [6.45, 7) is 8.82. The third-order valence-corrected chi connectivity index (χ3v) is 4.84. The van der Waals surface area contributed by atoms with E-state index in [4.69, 9.17) is 4.74 Å². The number of carbonyl (C=O) groups is 1. The van der Waals surface area contributed by atoms with Crippen molar-refractivity contribution in [1.82, 2.24) is 10.2 Å². The normalized spacial score (nSPS) is 24.9. The van der Waals surface area contributed by atoms with Gasteiger partial charge in [-0.1, -0.05) is 13.8 Å². The molecule has 20 heavy (non-hydrogen) atoms. The van der Waals surface area contributed by atoms with Gasteiger partial charge < -0.3 is 15.0 Å². The number of hydrogen-bond acceptors (Lipinski definition) is 3. The van der Waals surface area contributed by atoms with E-state index in [1.807, 2.05) is 0 Å². The SMILES string of the molecule is COCC1(C(=O)N2CCC(C)(C)CC2)CCNCC1.Cl. The van der Waals surface area contributed by atoms with Crippen LogP contribution in [0.2, 0.25) is 0 Å². The molecular weight excluding hydrogens is 276 g/mol. The fourth-order valence-corrected chi connectivity index (χ4v) is 3.25. The van der Waals surface area contributed by atoms with Gasteiger partial charge in [-0.2, -0.15) is 0 Å². The van der Waals surface area contributed by atoms with E-state index in [-0.39, 0.29) is 17.8 Å². The van der Waals surface area contributed by atoms with Gasteiger partial charge in [-0.25, -0.2) is 0 Å². The Morgan fingerprint density at radius 2 is 1.70 bits per heavy atom. The molecule has 0 spiro atoms. The van der Waals surface area contributed by atoms with Crippen LogP contribution < -0.4 is 5.32 Å². The van der Waals surface area contributed by atoms with Gasteiger partial charge in [0.25, 0.3) is 0 Å². The molecule has 0 aromatic carbocycles. The molecule has 2 aliphatic rings. The molecule has 0 aromatic rings. The van der Waals surface area contributed by atoms with Crippen molar-refractivity contribution in [2.75, 3.05) is 39.9 Å². The van der Waals surface area contributed by atoms with Gasteiger partial charge in [0.05, 0.1) is 12.0 Å². The highest BCUT2D eigenvalue weighted by Gasteiger charge is 2.43. The number of likely N-dealkylation sites (tertiary alicyclic amines) is 1. The molecule has 1 N–H and O–H groups in total. The zero-order chi connectivity index (χ0) is 13.9. The van der Waals surface area contributed by atoms with Crippen molar-refractivity contribution >= 4 is 18.3 Å². The van der Waals surface area contributed by atoms with E-state index >= 15 is 0 Å². The second-order valence-corrected chi connectivity index (χ2v) is 6.92. The molecule has 0 radical (unpaired) electrons. The summed E-state index contributed by atoms with van der Waals surface area (Å²) in [6.07, 6.45) is 4.03. The molecule has 0 aromatic heterocycles. The molecule has 2 aliphatic heterocycles. The number of halogens is 1. The zero-order valence-electron chi connectivity index (χ0n) is 13.0. The lowest BCUT2D eigenvalue weighted by atomic mass is 9.76. The number of rotatable bonds is 3. The van der Waals surface area contributed by atoms with Gasteiger partial charge in [-0.3, -0.25) is 4.79 Å². The molecule has 2 fully saturated rings. The first kappa shape index (κ1) is 17.7. The predicted octanol–water partition coefficient (Wildman–Crippen LogP) is 2.07. The van der Waals surface area contributed by atoms with Gasteiger partial charge in [0.15, 0.2) is 0 Å². The standard InChI is InChI=1S/C15H28N2O2.ClH/c1-14(2)6-10-17(11-7-14)13(18)15(12-19-3)4-8-16-9-5-15;/h16H,4-12H2,1-3H3;1H. The molecule has 2 rings (SSSR count). The summed E-state index contributed by atoms with van der Waals surface area (Å²) in [4.78, 5) is 15.0. The van der Waals surface area contributed by atoms with Crippen LogP contribution in [0.25, 0.3) is 0 Å². The third-order valence-electron chi connectivity index (χ3n) is 4.84. The van der Waals surface area contributed by atoms with Crippen molar-refractivity contribution in [1.29, 1.82) is 0 Å². The minimum Gasteiger partial charge on any atom is -0.384 e. The lowest BCUT2D eigenvalue weighted by Gasteiger charge is -2.43. The number of nitrogens with zero attached hydrogens (tertiary/aromatic N) is 1. The van der Waals surface area contributed by atoms with Crippen LogP contribution >= 0.6 is 12.4 Å². The number of carbonyl (C=O) groups excluding carboxylic acids is 1. The monoisotopic (exact) mass is 304 g/mol. The number of methoxy groups -OCH3 is 1. The molecule has 0 saturated carbocycles. The van der Waals surface area contributed by atoms with Crippen molar-refractivity contribution in [3.05, 3.63) is 0 Å². The Balaban J connectivity index is 0.00000200. The van der Waals surface area contributed by atoms with E-state index in [9.17, 15) is 4.79 Å². The van der Waals surface area contributed by atoms with E-state index in [1.54, 1.807) is 7.11 Å². The lowest BCUT2D eigenvalue weighted by molar-refractivity contribution is -0.149. The van der Waals surface area contributed by atoms with E-state index in [1.165, 1.54) is 0 Å². The van der Waals surface area contributed by atoms with Crippen LogP contribution in [0.5, 0.6) is 0 Å². The molecular formula is C15H29ClN2O2. The molecule has 1 amide bonds. The Bertz CT molecular complexity index is 312. The highest BCUT2D eigenvalue weighted by Crippen LogP contribution is 2.35. The first-order valence-electron chi connectivity index (χ1n) is 7.48. The van der Waals surface area contributed by atoms with Crippen molar-refractivity contribution < 1.29 is 9.53 Å². The van der Waals surface area contributed by atoms with Crippen LogP contribution in [-0.4, -0.2) is 50.7 Å². The summed E-state index contributed by atoms with van der Waals surface area (Å²) in [7, 11) is 1.70. The number of hydrogen-bond donors (Lipinski definition) is 1. The van der Waals surface area contributed by atoms with Gasteiger partial charge in [0.2, 0.25) is 5.91 Å². The molecule has 0 atom stereocenters. The van der Waals surface area contributed by atoms with E-state index in [0.29, 0.717) is 17.9 Å². The zero-order valence-corrected chi connectivity index (χ0v) is 13.9. The Hall–Kier alpha value is -0.320. The fourth-order valence-electron chi connectivity index (χ4n) is 3.25. The molecule has 0 bridgehead atoms. The van der Waals surface area contributed by atoms with Gasteiger partial charge in [-0.05, 0) is 44.2 Å². The summed E-state index contributed by atoms with van der Waals surface area (Å²) >= 11 is 0. The highest BCUT2D eigenvalue weighted by molar-refractivity contribution is 5.85. The second kappa shape index (κ2) is 7.10. The number of amides is 1. The number of piperidine rings is 2. The molecule has 0 unspecified atom stereocenters. The Labute approximate surface area is 129 Å². The summed E-state index contributed by atoms with van der Waals surface area (Å²) in [5.41, 5.74) is 0.112. The average Bonchev–Trinajstić information content (AvgIpc) is 2.39. The predicted molar refractivity (Wildman–Crippen MR) is 83.3 cm³/mol. The Morgan fingerprint density at radius 3 is 2.20 bits per heavy atom. The number of nitrogens with one attached hydrogen (secondary N) is 1. The van der Waals surface area contributed by atoms with E-state index in [0.717, 1.165) is 51.9 Å². The smallest absolute Gasteiger partial charge is 0.231 e. The summed E-state index contributed by atoms with van der Waals surface area (Å²) < 4.78 is 5.36. The van der Waals surface area contributed by atoms with E-state index < -0.39 is 0 Å². The maximum atomic E-state index is 12.9.